The Labute approximate surface area is 201 Å². The molecule has 0 aliphatic carbocycles. The van der Waals surface area contributed by atoms with Crippen LogP contribution in [0.25, 0.3) is 5.57 Å². The number of aromatic nitrogens is 2. The number of hydrogen-bond donors (Lipinski definition) is 0. The lowest BCUT2D eigenvalue weighted by molar-refractivity contribution is 0.0392. The van der Waals surface area contributed by atoms with Crippen LogP contribution >= 0.6 is 0 Å². The van der Waals surface area contributed by atoms with Crippen molar-refractivity contribution in [3.63, 3.8) is 0 Å². The molecule has 2 aromatic rings. The van der Waals surface area contributed by atoms with Crippen molar-refractivity contribution in [3.05, 3.63) is 53.2 Å². The van der Waals surface area contributed by atoms with Crippen LogP contribution in [-0.4, -0.2) is 90.4 Å². The molecule has 2 saturated heterocycles. The lowest BCUT2D eigenvalue weighted by atomic mass is 9.84. The number of ether oxygens (including phenoxy) is 1. The molecule has 34 heavy (non-hydrogen) atoms. The average molecular weight is 466 g/mol. The van der Waals surface area contributed by atoms with Gasteiger partial charge >= 0.3 is 6.03 Å². The van der Waals surface area contributed by atoms with Gasteiger partial charge in [-0.15, -0.1) is 0 Å². The average Bonchev–Trinajstić information content (AvgIpc) is 3.39. The molecule has 2 fully saturated rings. The van der Waals surface area contributed by atoms with E-state index in [1.165, 1.54) is 11.1 Å². The number of urea groups is 1. The fourth-order valence-electron chi connectivity index (χ4n) is 5.24. The maximum absolute atomic E-state index is 13.4. The molecule has 2 atom stereocenters. The van der Waals surface area contributed by atoms with Gasteiger partial charge in [-0.05, 0) is 37.4 Å². The van der Waals surface area contributed by atoms with Crippen LogP contribution in [0.3, 0.4) is 0 Å². The van der Waals surface area contributed by atoms with Gasteiger partial charge in [-0.1, -0.05) is 42.4 Å². The normalized spacial score (nSPS) is 24.2. The lowest BCUT2D eigenvalue weighted by Crippen LogP contribution is -2.52. The molecule has 1 aromatic heterocycles. The molecule has 2 amide bonds. The SMILES string of the molecule is CCc1ccc(C2CC(c3nc(C4=CCCN(C)C4)no3)CN(C(=O)N3CCOCC3)C2)cc1. The number of carbonyl (C=O) groups excluding carboxylic acids is 1. The highest BCUT2D eigenvalue weighted by atomic mass is 16.5. The topological polar surface area (TPSA) is 74.9 Å². The van der Waals surface area contributed by atoms with Crippen molar-refractivity contribution in [2.24, 2.45) is 0 Å². The first-order valence-corrected chi connectivity index (χ1v) is 12.5. The number of likely N-dealkylation sites (tertiary alicyclic amines) is 1. The third kappa shape index (κ3) is 5.03. The summed E-state index contributed by atoms with van der Waals surface area (Å²) in [7, 11) is 2.11. The lowest BCUT2D eigenvalue weighted by Gasteiger charge is -2.40. The molecule has 0 N–H and O–H groups in total. The highest BCUT2D eigenvalue weighted by Crippen LogP contribution is 2.36. The van der Waals surface area contributed by atoms with Crippen LogP contribution in [0.15, 0.2) is 34.9 Å². The van der Waals surface area contributed by atoms with Crippen molar-refractivity contribution < 1.29 is 14.1 Å². The Morgan fingerprint density at radius 1 is 1.06 bits per heavy atom. The molecular weight excluding hydrogens is 430 g/mol. The summed E-state index contributed by atoms with van der Waals surface area (Å²) in [6, 6.07) is 8.91. The minimum atomic E-state index is 0.0118. The van der Waals surface area contributed by atoms with Gasteiger partial charge in [0.25, 0.3) is 0 Å². The maximum atomic E-state index is 13.4. The van der Waals surface area contributed by atoms with E-state index in [4.69, 9.17) is 14.2 Å². The highest BCUT2D eigenvalue weighted by Gasteiger charge is 2.36. The van der Waals surface area contributed by atoms with Crippen molar-refractivity contribution in [1.82, 2.24) is 24.8 Å². The van der Waals surface area contributed by atoms with Crippen molar-refractivity contribution in [2.75, 3.05) is 59.5 Å². The first-order valence-electron chi connectivity index (χ1n) is 12.5. The van der Waals surface area contributed by atoms with Gasteiger partial charge in [0.15, 0.2) is 5.82 Å². The highest BCUT2D eigenvalue weighted by molar-refractivity contribution is 5.75. The number of likely N-dealkylation sites (N-methyl/N-ethyl adjacent to an activating group) is 1. The van der Waals surface area contributed by atoms with E-state index >= 15 is 0 Å². The summed E-state index contributed by atoms with van der Waals surface area (Å²) in [5, 5.41) is 4.32. The molecule has 0 spiro atoms. The standard InChI is InChI=1S/C26H35N5O3/c1-3-19-6-8-20(9-7-19)22-15-23(18-31(17-22)26(32)30-11-13-33-14-12-30)25-27-24(28-34-25)21-5-4-10-29(2)16-21/h5-9,22-23H,3-4,10-18H2,1-2H3. The Kier molecular flexibility index (Phi) is 6.97. The van der Waals surface area contributed by atoms with Gasteiger partial charge in [0, 0.05) is 50.8 Å². The van der Waals surface area contributed by atoms with E-state index < -0.39 is 0 Å². The van der Waals surface area contributed by atoms with Crippen molar-refractivity contribution in [2.45, 2.75) is 38.0 Å². The van der Waals surface area contributed by atoms with E-state index in [0.717, 1.165) is 37.9 Å². The Bertz CT molecular complexity index is 1010. The van der Waals surface area contributed by atoms with Crippen LogP contribution in [0.5, 0.6) is 0 Å². The largest absolute Gasteiger partial charge is 0.378 e. The number of aryl methyl sites for hydroxylation is 1. The summed E-state index contributed by atoms with van der Waals surface area (Å²) < 4.78 is 11.2. The number of piperidine rings is 1. The molecule has 2 unspecified atom stereocenters. The first kappa shape index (κ1) is 23.1. The Hall–Kier alpha value is -2.71. The van der Waals surface area contributed by atoms with Crippen LogP contribution in [0.4, 0.5) is 4.79 Å². The third-order valence-corrected chi connectivity index (χ3v) is 7.28. The van der Waals surface area contributed by atoms with Crippen LogP contribution in [0.1, 0.15) is 54.4 Å². The summed E-state index contributed by atoms with van der Waals surface area (Å²) in [5.74, 6) is 1.56. The zero-order valence-electron chi connectivity index (χ0n) is 20.3. The quantitative estimate of drug-likeness (QED) is 0.689. The number of rotatable bonds is 4. The second-order valence-corrected chi connectivity index (χ2v) is 9.72. The van der Waals surface area contributed by atoms with Gasteiger partial charge in [-0.3, -0.25) is 0 Å². The van der Waals surface area contributed by atoms with Crippen molar-refractivity contribution >= 4 is 11.6 Å². The number of morpholine rings is 1. The van der Waals surface area contributed by atoms with E-state index in [9.17, 15) is 4.79 Å². The predicted octanol–water partition coefficient (Wildman–Crippen LogP) is 3.38. The number of amides is 2. The van der Waals surface area contributed by atoms with E-state index in [2.05, 4.69) is 54.4 Å². The monoisotopic (exact) mass is 465 g/mol. The fourth-order valence-corrected chi connectivity index (χ4v) is 5.24. The number of hydrogen-bond acceptors (Lipinski definition) is 6. The molecule has 182 valence electrons. The summed E-state index contributed by atoms with van der Waals surface area (Å²) in [5.41, 5.74) is 3.70. The summed E-state index contributed by atoms with van der Waals surface area (Å²) in [6.45, 7) is 7.83. The third-order valence-electron chi connectivity index (χ3n) is 7.28. The molecule has 5 rings (SSSR count). The van der Waals surface area contributed by atoms with E-state index in [-0.39, 0.29) is 17.9 Å². The number of carbonyl (C=O) groups is 1. The van der Waals surface area contributed by atoms with Gasteiger partial charge < -0.3 is 24.0 Å². The molecule has 0 saturated carbocycles. The molecule has 4 heterocycles. The molecule has 0 bridgehead atoms. The Morgan fingerprint density at radius 2 is 1.82 bits per heavy atom. The number of benzene rings is 1. The van der Waals surface area contributed by atoms with Gasteiger partial charge in [-0.2, -0.15) is 4.98 Å². The predicted molar refractivity (Wildman–Crippen MR) is 130 cm³/mol. The molecule has 0 radical (unpaired) electrons. The van der Waals surface area contributed by atoms with Gasteiger partial charge in [0.1, 0.15) is 0 Å². The fraction of sp³-hybridized carbons (Fsp3) is 0.577. The minimum Gasteiger partial charge on any atom is -0.378 e. The summed E-state index contributed by atoms with van der Waals surface area (Å²) in [6.07, 6.45) is 5.11. The molecular formula is C26H35N5O3. The van der Waals surface area contributed by atoms with E-state index in [1.54, 1.807) is 0 Å². The van der Waals surface area contributed by atoms with Crippen LogP contribution in [-0.2, 0) is 11.2 Å². The maximum Gasteiger partial charge on any atom is 0.320 e. The van der Waals surface area contributed by atoms with Crippen LogP contribution < -0.4 is 0 Å². The van der Waals surface area contributed by atoms with Crippen LogP contribution in [0, 0.1) is 0 Å². The Balaban J connectivity index is 1.39. The molecule has 8 heteroatoms. The summed E-state index contributed by atoms with van der Waals surface area (Å²) >= 11 is 0. The van der Waals surface area contributed by atoms with E-state index in [1.807, 2.05) is 9.80 Å². The number of nitrogens with zero attached hydrogens (tertiary/aromatic N) is 5. The second kappa shape index (κ2) is 10.3. The van der Waals surface area contributed by atoms with Gasteiger partial charge in [-0.25, -0.2) is 4.79 Å². The zero-order valence-corrected chi connectivity index (χ0v) is 20.3. The summed E-state index contributed by atoms with van der Waals surface area (Å²) in [4.78, 5) is 24.4. The van der Waals surface area contributed by atoms with Crippen molar-refractivity contribution in [1.29, 1.82) is 0 Å². The zero-order chi connectivity index (χ0) is 23.5. The molecule has 3 aliphatic heterocycles. The smallest absolute Gasteiger partial charge is 0.320 e. The van der Waals surface area contributed by atoms with Gasteiger partial charge in [0.2, 0.25) is 5.89 Å². The van der Waals surface area contributed by atoms with Crippen LogP contribution in [0.2, 0.25) is 0 Å². The first-order chi connectivity index (χ1) is 16.6. The minimum absolute atomic E-state index is 0.0118. The molecule has 8 nitrogen and oxygen atoms in total. The second-order valence-electron chi connectivity index (χ2n) is 9.72. The van der Waals surface area contributed by atoms with Gasteiger partial charge in [0.05, 0.1) is 19.1 Å². The Morgan fingerprint density at radius 3 is 2.56 bits per heavy atom. The molecule has 1 aromatic carbocycles. The van der Waals surface area contributed by atoms with E-state index in [0.29, 0.717) is 51.1 Å². The van der Waals surface area contributed by atoms with Crippen molar-refractivity contribution in [3.8, 4) is 0 Å². The molecule has 3 aliphatic rings.